The summed E-state index contributed by atoms with van der Waals surface area (Å²) >= 11 is 1.14. The molecule has 1 atom stereocenters. The summed E-state index contributed by atoms with van der Waals surface area (Å²) in [7, 11) is -3.53. The number of nitrogens with one attached hydrogen (secondary N) is 1. The van der Waals surface area contributed by atoms with Crippen LogP contribution in [0.2, 0.25) is 0 Å². The van der Waals surface area contributed by atoms with Gasteiger partial charge in [0.15, 0.2) is 0 Å². The maximum absolute atomic E-state index is 12.6. The molecule has 9 heteroatoms. The molecule has 1 aromatic heterocycles. The van der Waals surface area contributed by atoms with Gasteiger partial charge in [-0.15, -0.1) is 11.3 Å². The van der Waals surface area contributed by atoms with Crippen LogP contribution >= 0.6 is 11.3 Å². The molecule has 1 amide bonds. The van der Waals surface area contributed by atoms with E-state index in [4.69, 9.17) is 0 Å². The van der Waals surface area contributed by atoms with Gasteiger partial charge in [0, 0.05) is 30.7 Å². The van der Waals surface area contributed by atoms with E-state index in [9.17, 15) is 13.2 Å². The minimum Gasteiger partial charge on any atom is -0.342 e. The van der Waals surface area contributed by atoms with Gasteiger partial charge in [-0.25, -0.2) is 13.4 Å². The number of carbonyl (C=O) groups is 1. The fourth-order valence-electron chi connectivity index (χ4n) is 4.24. The highest BCUT2D eigenvalue weighted by atomic mass is 32.2. The second-order valence-electron chi connectivity index (χ2n) is 8.65. The maximum atomic E-state index is 12.6. The van der Waals surface area contributed by atoms with Crippen molar-refractivity contribution in [2.24, 2.45) is 0 Å². The Kier molecular flexibility index (Phi) is 9.85. The SMILES string of the molecule is CCCN(CCCCN1CCCNCC1=O)C(C)Cc1ccc(S(=O)(=O)c2nccs2)cc1. The number of unbranched alkanes of at least 4 members (excludes halogenated alkanes) is 1. The second kappa shape index (κ2) is 12.6. The number of carbonyl (C=O) groups excluding carboxylic acids is 1. The zero-order valence-electron chi connectivity index (χ0n) is 19.7. The van der Waals surface area contributed by atoms with Crippen molar-refractivity contribution in [2.75, 3.05) is 39.3 Å². The van der Waals surface area contributed by atoms with Crippen molar-refractivity contribution >= 4 is 27.1 Å². The molecule has 1 unspecified atom stereocenters. The van der Waals surface area contributed by atoms with Crippen LogP contribution < -0.4 is 5.32 Å². The Hall–Kier alpha value is -1.81. The maximum Gasteiger partial charge on any atom is 0.236 e. The predicted molar refractivity (Wildman–Crippen MR) is 132 cm³/mol. The van der Waals surface area contributed by atoms with Crippen LogP contribution in [0.5, 0.6) is 0 Å². The Morgan fingerprint density at radius 1 is 1.21 bits per heavy atom. The number of rotatable bonds is 12. The lowest BCUT2D eigenvalue weighted by atomic mass is 10.1. The summed E-state index contributed by atoms with van der Waals surface area (Å²) in [5.41, 5.74) is 1.13. The first-order valence-electron chi connectivity index (χ1n) is 11.9. The van der Waals surface area contributed by atoms with Crippen molar-refractivity contribution in [3.63, 3.8) is 0 Å². The van der Waals surface area contributed by atoms with Gasteiger partial charge in [-0.1, -0.05) is 19.1 Å². The van der Waals surface area contributed by atoms with Crippen molar-refractivity contribution in [2.45, 2.75) is 61.2 Å². The van der Waals surface area contributed by atoms with E-state index in [1.54, 1.807) is 17.5 Å². The summed E-state index contributed by atoms with van der Waals surface area (Å²) in [5, 5.41) is 4.85. The van der Waals surface area contributed by atoms with Gasteiger partial charge in [-0.2, -0.15) is 0 Å². The molecule has 182 valence electrons. The van der Waals surface area contributed by atoms with E-state index in [0.717, 1.165) is 81.7 Å². The van der Waals surface area contributed by atoms with Crippen molar-refractivity contribution < 1.29 is 13.2 Å². The molecule has 1 saturated heterocycles. The molecule has 0 bridgehead atoms. The second-order valence-corrected chi connectivity index (χ2v) is 11.7. The number of nitrogens with zero attached hydrogens (tertiary/aromatic N) is 3. The van der Waals surface area contributed by atoms with E-state index in [0.29, 0.717) is 12.6 Å². The summed E-state index contributed by atoms with van der Waals surface area (Å²) in [6.45, 7) is 9.54. The quantitative estimate of drug-likeness (QED) is 0.458. The topological polar surface area (TPSA) is 82.6 Å². The van der Waals surface area contributed by atoms with E-state index in [1.807, 2.05) is 17.0 Å². The molecule has 2 aromatic rings. The van der Waals surface area contributed by atoms with Crippen LogP contribution in [-0.2, 0) is 21.1 Å². The number of aromatic nitrogens is 1. The van der Waals surface area contributed by atoms with Crippen molar-refractivity contribution in [1.82, 2.24) is 20.1 Å². The van der Waals surface area contributed by atoms with E-state index >= 15 is 0 Å². The van der Waals surface area contributed by atoms with Gasteiger partial charge < -0.3 is 15.1 Å². The summed E-state index contributed by atoms with van der Waals surface area (Å²) in [5.74, 6) is 0.214. The number of benzene rings is 1. The van der Waals surface area contributed by atoms with Crippen LogP contribution in [0.1, 0.15) is 45.1 Å². The Bertz CT molecular complexity index is 962. The molecule has 0 saturated carbocycles. The number of amides is 1. The van der Waals surface area contributed by atoms with E-state index in [-0.39, 0.29) is 15.1 Å². The summed E-state index contributed by atoms with van der Waals surface area (Å²) in [6.07, 6.45) is 6.57. The molecule has 1 N–H and O–H groups in total. The van der Waals surface area contributed by atoms with Crippen molar-refractivity contribution in [3.8, 4) is 0 Å². The molecule has 1 aromatic carbocycles. The van der Waals surface area contributed by atoms with E-state index in [1.165, 1.54) is 6.20 Å². The molecule has 0 spiro atoms. The van der Waals surface area contributed by atoms with Gasteiger partial charge in [0.25, 0.3) is 0 Å². The Labute approximate surface area is 202 Å². The number of hydrogen-bond donors (Lipinski definition) is 1. The Balaban J connectivity index is 1.51. The molecule has 1 fully saturated rings. The normalized spacial score (nSPS) is 16.2. The summed E-state index contributed by atoms with van der Waals surface area (Å²) in [6, 6.07) is 7.57. The molecule has 7 nitrogen and oxygen atoms in total. The highest BCUT2D eigenvalue weighted by molar-refractivity contribution is 7.93. The molecule has 1 aliphatic rings. The van der Waals surface area contributed by atoms with Gasteiger partial charge >= 0.3 is 0 Å². The predicted octanol–water partition coefficient (Wildman–Crippen LogP) is 3.22. The van der Waals surface area contributed by atoms with Gasteiger partial charge in [0.1, 0.15) is 0 Å². The highest BCUT2D eigenvalue weighted by Crippen LogP contribution is 2.23. The summed E-state index contributed by atoms with van der Waals surface area (Å²) < 4.78 is 25.4. The molecule has 2 heterocycles. The largest absolute Gasteiger partial charge is 0.342 e. The Morgan fingerprint density at radius 2 is 2.00 bits per heavy atom. The minimum absolute atomic E-state index is 0.135. The van der Waals surface area contributed by atoms with Gasteiger partial charge in [0.05, 0.1) is 11.4 Å². The zero-order valence-corrected chi connectivity index (χ0v) is 21.3. The molecule has 0 radical (unpaired) electrons. The van der Waals surface area contributed by atoms with Gasteiger partial charge in [-0.3, -0.25) is 4.79 Å². The van der Waals surface area contributed by atoms with Crippen LogP contribution in [-0.4, -0.2) is 74.4 Å². The molecular formula is C24H36N4O3S2. The van der Waals surface area contributed by atoms with Gasteiger partial charge in [-0.05, 0) is 76.4 Å². The van der Waals surface area contributed by atoms with Crippen LogP contribution in [0, 0.1) is 0 Å². The zero-order chi connectivity index (χ0) is 23.7. The first-order chi connectivity index (χ1) is 15.9. The first-order valence-corrected chi connectivity index (χ1v) is 14.2. The van der Waals surface area contributed by atoms with Crippen LogP contribution in [0.4, 0.5) is 0 Å². The lowest BCUT2D eigenvalue weighted by Gasteiger charge is -2.29. The summed E-state index contributed by atoms with van der Waals surface area (Å²) in [4.78, 5) is 20.9. The van der Waals surface area contributed by atoms with Crippen molar-refractivity contribution in [3.05, 3.63) is 41.4 Å². The number of sulfone groups is 1. The third-order valence-corrected chi connectivity index (χ3v) is 9.04. The molecule has 1 aliphatic heterocycles. The number of thiazole rings is 1. The molecule has 3 rings (SSSR count). The molecule has 33 heavy (non-hydrogen) atoms. The average Bonchev–Trinajstić information content (AvgIpc) is 3.28. The van der Waals surface area contributed by atoms with Crippen molar-refractivity contribution in [1.29, 1.82) is 0 Å². The van der Waals surface area contributed by atoms with Crippen LogP contribution in [0.15, 0.2) is 45.1 Å². The third-order valence-electron chi connectivity index (χ3n) is 6.07. The average molecular weight is 493 g/mol. The van der Waals surface area contributed by atoms with E-state index in [2.05, 4.69) is 29.0 Å². The lowest BCUT2D eigenvalue weighted by molar-refractivity contribution is -0.129. The molecular weight excluding hydrogens is 456 g/mol. The van der Waals surface area contributed by atoms with Crippen LogP contribution in [0.3, 0.4) is 0 Å². The first kappa shape index (κ1) is 25.8. The smallest absolute Gasteiger partial charge is 0.236 e. The number of hydrogen-bond acceptors (Lipinski definition) is 7. The van der Waals surface area contributed by atoms with Crippen LogP contribution in [0.25, 0.3) is 0 Å². The minimum atomic E-state index is -3.53. The fourth-order valence-corrected chi connectivity index (χ4v) is 6.46. The monoisotopic (exact) mass is 492 g/mol. The fraction of sp³-hybridized carbons (Fsp3) is 0.583. The highest BCUT2D eigenvalue weighted by Gasteiger charge is 2.21. The lowest BCUT2D eigenvalue weighted by Crippen LogP contribution is -2.37. The molecule has 0 aliphatic carbocycles. The third kappa shape index (κ3) is 7.34. The Morgan fingerprint density at radius 3 is 2.70 bits per heavy atom. The van der Waals surface area contributed by atoms with Gasteiger partial charge in [0.2, 0.25) is 20.1 Å². The van der Waals surface area contributed by atoms with E-state index < -0.39 is 9.84 Å². The standard InChI is InChI=1S/C24H36N4O3S2/c1-3-13-27(14-4-5-15-28-16-6-11-25-19-23(28)29)20(2)18-21-7-9-22(10-8-21)33(30,31)24-26-12-17-32-24/h7-10,12,17,20,25H,3-6,11,13-16,18-19H2,1-2H3.